The number of rotatable bonds is 2. The zero-order valence-electron chi connectivity index (χ0n) is 11.8. The van der Waals surface area contributed by atoms with E-state index in [0.29, 0.717) is 19.3 Å². The molecule has 1 atom stereocenters. The number of anilines is 1. The molecule has 4 rings (SSSR count). The molecule has 3 heterocycles. The highest BCUT2D eigenvalue weighted by Gasteiger charge is 2.17. The van der Waals surface area contributed by atoms with Crippen molar-refractivity contribution in [3.63, 3.8) is 0 Å². The summed E-state index contributed by atoms with van der Waals surface area (Å²) in [6.07, 6.45) is 4.35. The van der Waals surface area contributed by atoms with E-state index in [1.54, 1.807) is 0 Å². The van der Waals surface area contributed by atoms with Crippen LogP contribution in [0.2, 0.25) is 0 Å². The Morgan fingerprint density at radius 3 is 2.86 bits per heavy atom. The van der Waals surface area contributed by atoms with Crippen LogP contribution in [0.1, 0.15) is 12.8 Å². The minimum absolute atomic E-state index is 0.509. The first-order valence-electron chi connectivity index (χ1n) is 7.43. The van der Waals surface area contributed by atoms with Crippen LogP contribution in [0, 0.1) is 0 Å². The summed E-state index contributed by atoms with van der Waals surface area (Å²) in [4.78, 5) is 4.53. The van der Waals surface area contributed by atoms with Gasteiger partial charge in [0, 0.05) is 23.4 Å². The van der Waals surface area contributed by atoms with E-state index in [2.05, 4.69) is 16.4 Å². The molecule has 1 saturated heterocycles. The van der Waals surface area contributed by atoms with Gasteiger partial charge in [-0.15, -0.1) is 0 Å². The van der Waals surface area contributed by atoms with Gasteiger partial charge in [0.05, 0.1) is 0 Å². The molecule has 0 bridgehead atoms. The molecule has 1 aromatic carbocycles. The number of benzene rings is 1. The predicted octanol–water partition coefficient (Wildman–Crippen LogP) is 3.31. The first-order chi connectivity index (χ1) is 10.4. The Bertz CT molecular complexity index is 656. The molecule has 4 nitrogen and oxygen atoms in total. The number of hydrogen-bond acceptors (Lipinski definition) is 5. The van der Waals surface area contributed by atoms with E-state index in [1.807, 2.05) is 30.1 Å². The second-order valence-corrected chi connectivity index (χ2v) is 6.58. The maximum atomic E-state index is 5.69. The summed E-state index contributed by atoms with van der Waals surface area (Å²) in [5, 5.41) is 5.85. The van der Waals surface area contributed by atoms with Gasteiger partial charge in [-0.2, -0.15) is 11.8 Å². The highest BCUT2D eigenvalue weighted by molar-refractivity contribution is 7.99. The van der Waals surface area contributed by atoms with Gasteiger partial charge in [-0.1, -0.05) is 0 Å². The van der Waals surface area contributed by atoms with E-state index in [-0.39, 0.29) is 0 Å². The van der Waals surface area contributed by atoms with Crippen LogP contribution in [-0.4, -0.2) is 35.7 Å². The number of pyridine rings is 1. The minimum Gasteiger partial charge on any atom is -0.486 e. The number of hydrogen-bond donors (Lipinski definition) is 1. The summed E-state index contributed by atoms with van der Waals surface area (Å²) in [5.74, 6) is 5.04. The van der Waals surface area contributed by atoms with Crippen LogP contribution in [0.15, 0.2) is 24.4 Å². The summed E-state index contributed by atoms with van der Waals surface area (Å²) in [7, 11) is 0. The topological polar surface area (TPSA) is 43.4 Å². The Kier molecular flexibility index (Phi) is 3.51. The molecule has 0 aliphatic carbocycles. The van der Waals surface area contributed by atoms with E-state index in [0.717, 1.165) is 33.8 Å². The summed E-state index contributed by atoms with van der Waals surface area (Å²) >= 11 is 2.02. The van der Waals surface area contributed by atoms with Crippen molar-refractivity contribution in [2.75, 3.05) is 30.0 Å². The molecule has 21 heavy (non-hydrogen) atoms. The van der Waals surface area contributed by atoms with E-state index in [4.69, 9.17) is 9.47 Å². The highest BCUT2D eigenvalue weighted by atomic mass is 32.2. The van der Waals surface area contributed by atoms with Gasteiger partial charge in [0.1, 0.15) is 19.0 Å². The average Bonchev–Trinajstić information content (AvgIpc) is 2.54. The minimum atomic E-state index is 0.509. The van der Waals surface area contributed by atoms with Gasteiger partial charge < -0.3 is 14.8 Å². The molecule has 1 fully saturated rings. The zero-order chi connectivity index (χ0) is 14.1. The molecule has 1 N–H and O–H groups in total. The maximum absolute atomic E-state index is 5.69. The molecular weight excluding hydrogens is 284 g/mol. The van der Waals surface area contributed by atoms with E-state index < -0.39 is 0 Å². The second-order valence-electron chi connectivity index (χ2n) is 5.43. The lowest BCUT2D eigenvalue weighted by Gasteiger charge is -2.24. The lowest BCUT2D eigenvalue weighted by molar-refractivity contribution is 0.172. The Morgan fingerprint density at radius 2 is 2.05 bits per heavy atom. The number of nitrogens with zero attached hydrogens (tertiary/aromatic N) is 1. The standard InChI is InChI=1S/C16H18N2O2S/c1-2-12(10-21-7-1)18-16-13-9-15-14(19-5-6-20-15)8-11(13)3-4-17-16/h3-4,8-9,12H,1-2,5-7,10H2,(H,17,18). The maximum Gasteiger partial charge on any atom is 0.162 e. The van der Waals surface area contributed by atoms with Crippen molar-refractivity contribution < 1.29 is 9.47 Å². The van der Waals surface area contributed by atoms with Crippen molar-refractivity contribution in [1.82, 2.24) is 4.98 Å². The second kappa shape index (κ2) is 5.64. The lowest BCUT2D eigenvalue weighted by Crippen LogP contribution is -2.26. The average molecular weight is 302 g/mol. The van der Waals surface area contributed by atoms with Gasteiger partial charge in [0.25, 0.3) is 0 Å². The fourth-order valence-electron chi connectivity index (χ4n) is 2.87. The highest BCUT2D eigenvalue weighted by Crippen LogP contribution is 2.37. The third-order valence-electron chi connectivity index (χ3n) is 3.93. The predicted molar refractivity (Wildman–Crippen MR) is 86.7 cm³/mol. The quantitative estimate of drug-likeness (QED) is 0.922. The van der Waals surface area contributed by atoms with Crippen LogP contribution in [0.4, 0.5) is 5.82 Å². The third-order valence-corrected chi connectivity index (χ3v) is 5.14. The van der Waals surface area contributed by atoms with Gasteiger partial charge in [0.15, 0.2) is 11.5 Å². The van der Waals surface area contributed by atoms with Crippen LogP contribution < -0.4 is 14.8 Å². The number of fused-ring (bicyclic) bond motifs is 2. The van der Waals surface area contributed by atoms with Crippen LogP contribution >= 0.6 is 11.8 Å². The molecule has 2 aliphatic heterocycles. The summed E-state index contributed by atoms with van der Waals surface area (Å²) in [6.45, 7) is 1.23. The van der Waals surface area contributed by atoms with Crippen LogP contribution in [-0.2, 0) is 0 Å². The SMILES string of the molecule is c1cc2cc3c(cc2c(NC2CCCSC2)n1)OCCO3. The monoisotopic (exact) mass is 302 g/mol. The molecule has 1 aromatic heterocycles. The normalized spacial score (nSPS) is 21.2. The van der Waals surface area contributed by atoms with Gasteiger partial charge in [0.2, 0.25) is 0 Å². The number of thioether (sulfide) groups is 1. The van der Waals surface area contributed by atoms with E-state index in [1.165, 1.54) is 18.6 Å². The number of aromatic nitrogens is 1. The molecule has 2 aliphatic rings. The van der Waals surface area contributed by atoms with Crippen molar-refractivity contribution in [3.8, 4) is 11.5 Å². The molecule has 0 radical (unpaired) electrons. The molecule has 0 spiro atoms. The number of ether oxygens (including phenoxy) is 2. The van der Waals surface area contributed by atoms with Gasteiger partial charge in [-0.3, -0.25) is 0 Å². The fraction of sp³-hybridized carbons (Fsp3) is 0.438. The Hall–Kier alpha value is -1.62. The Balaban J connectivity index is 1.71. The van der Waals surface area contributed by atoms with Crippen LogP contribution in [0.25, 0.3) is 10.8 Å². The number of nitrogens with one attached hydrogen (secondary N) is 1. The Labute approximate surface area is 128 Å². The lowest BCUT2D eigenvalue weighted by atomic mass is 10.1. The summed E-state index contributed by atoms with van der Waals surface area (Å²) in [6, 6.07) is 6.63. The van der Waals surface area contributed by atoms with Crippen LogP contribution in [0.5, 0.6) is 11.5 Å². The molecule has 2 aromatic rings. The van der Waals surface area contributed by atoms with Gasteiger partial charge in [-0.05, 0) is 42.2 Å². The summed E-state index contributed by atoms with van der Waals surface area (Å²) < 4.78 is 11.3. The first kappa shape index (κ1) is 13.1. The Morgan fingerprint density at radius 1 is 1.19 bits per heavy atom. The van der Waals surface area contributed by atoms with Gasteiger partial charge in [-0.25, -0.2) is 4.98 Å². The molecular formula is C16H18N2O2S. The molecule has 0 saturated carbocycles. The fourth-order valence-corrected chi connectivity index (χ4v) is 3.94. The largest absolute Gasteiger partial charge is 0.486 e. The first-order valence-corrected chi connectivity index (χ1v) is 8.58. The van der Waals surface area contributed by atoms with Crippen LogP contribution in [0.3, 0.4) is 0 Å². The smallest absolute Gasteiger partial charge is 0.162 e. The molecule has 0 amide bonds. The van der Waals surface area contributed by atoms with Crippen molar-refractivity contribution in [2.24, 2.45) is 0 Å². The van der Waals surface area contributed by atoms with E-state index >= 15 is 0 Å². The van der Waals surface area contributed by atoms with Crippen molar-refractivity contribution >= 4 is 28.4 Å². The van der Waals surface area contributed by atoms with Crippen molar-refractivity contribution in [2.45, 2.75) is 18.9 Å². The summed E-state index contributed by atoms with van der Waals surface area (Å²) in [5.41, 5.74) is 0. The van der Waals surface area contributed by atoms with Crippen molar-refractivity contribution in [1.29, 1.82) is 0 Å². The van der Waals surface area contributed by atoms with Gasteiger partial charge >= 0.3 is 0 Å². The van der Waals surface area contributed by atoms with Crippen molar-refractivity contribution in [3.05, 3.63) is 24.4 Å². The van der Waals surface area contributed by atoms with E-state index in [9.17, 15) is 0 Å². The molecule has 110 valence electrons. The third kappa shape index (κ3) is 2.62. The molecule has 5 heteroatoms. The zero-order valence-corrected chi connectivity index (χ0v) is 12.6. The molecule has 1 unspecified atom stereocenters.